The van der Waals surface area contributed by atoms with Crippen molar-refractivity contribution in [2.75, 3.05) is 12.4 Å². The average molecular weight is 264 g/mol. The number of nitrogens with two attached hydrogens (primary N) is 1. The average Bonchev–Trinajstić information content (AvgIpc) is 2.14. The molecule has 0 bridgehead atoms. The fourth-order valence-corrected chi connectivity index (χ4v) is 1.16. The Hall–Kier alpha value is -1.17. The van der Waals surface area contributed by atoms with Crippen LogP contribution in [0.4, 0.5) is 14.5 Å². The van der Waals surface area contributed by atoms with Crippen molar-refractivity contribution in [3.8, 4) is 0 Å². The van der Waals surface area contributed by atoms with E-state index in [4.69, 9.17) is 5.73 Å². The van der Waals surface area contributed by atoms with Crippen molar-refractivity contribution in [3.63, 3.8) is 0 Å². The summed E-state index contributed by atoms with van der Waals surface area (Å²) in [5.74, 6) is -1.33. The Morgan fingerprint density at radius 1 is 1.43 bits per heavy atom. The van der Waals surface area contributed by atoms with Gasteiger partial charge in [0.05, 0.1) is 10.2 Å². The van der Waals surface area contributed by atoms with Crippen LogP contribution in [-0.2, 0) is 0 Å². The molecule has 0 spiro atoms. The summed E-state index contributed by atoms with van der Waals surface area (Å²) in [4.78, 5) is 3.58. The number of hydrogen-bond donors (Lipinski definition) is 2. The zero-order valence-corrected chi connectivity index (χ0v) is 8.90. The number of halogens is 3. The van der Waals surface area contributed by atoms with Crippen molar-refractivity contribution in [1.29, 1.82) is 0 Å². The number of anilines is 1. The molecule has 0 aliphatic carbocycles. The Balaban J connectivity index is 3.04. The van der Waals surface area contributed by atoms with Crippen LogP contribution in [0.3, 0.4) is 0 Å². The number of rotatable bonds is 1. The van der Waals surface area contributed by atoms with Gasteiger partial charge >= 0.3 is 0 Å². The smallest absolute Gasteiger partial charge is 0.192 e. The Labute approximate surface area is 88.1 Å². The van der Waals surface area contributed by atoms with Gasteiger partial charge < -0.3 is 11.1 Å². The van der Waals surface area contributed by atoms with Crippen molar-refractivity contribution in [2.45, 2.75) is 0 Å². The zero-order chi connectivity index (χ0) is 10.7. The van der Waals surface area contributed by atoms with E-state index in [1.54, 1.807) is 0 Å². The van der Waals surface area contributed by atoms with Crippen LogP contribution in [0.5, 0.6) is 0 Å². The van der Waals surface area contributed by atoms with Crippen molar-refractivity contribution in [1.82, 2.24) is 0 Å². The first-order chi connectivity index (χ1) is 6.54. The lowest BCUT2D eigenvalue weighted by Crippen LogP contribution is -2.22. The summed E-state index contributed by atoms with van der Waals surface area (Å²) >= 11 is 2.93. The van der Waals surface area contributed by atoms with Gasteiger partial charge in [0.15, 0.2) is 5.96 Å². The van der Waals surface area contributed by atoms with Gasteiger partial charge in [-0.2, -0.15) is 0 Å². The molecule has 0 aliphatic rings. The van der Waals surface area contributed by atoms with Crippen LogP contribution in [0.25, 0.3) is 0 Å². The first kappa shape index (κ1) is 10.9. The summed E-state index contributed by atoms with van der Waals surface area (Å²) in [6.07, 6.45) is 0. The van der Waals surface area contributed by atoms with E-state index < -0.39 is 11.6 Å². The molecule has 1 rings (SSSR count). The van der Waals surface area contributed by atoms with E-state index in [-0.39, 0.29) is 16.1 Å². The molecule has 0 saturated carbocycles. The van der Waals surface area contributed by atoms with Crippen molar-refractivity contribution in [3.05, 3.63) is 28.2 Å². The third-order valence-electron chi connectivity index (χ3n) is 1.51. The van der Waals surface area contributed by atoms with Gasteiger partial charge in [0.25, 0.3) is 0 Å². The largest absolute Gasteiger partial charge is 0.370 e. The lowest BCUT2D eigenvalue weighted by molar-refractivity contribution is 0.581. The van der Waals surface area contributed by atoms with Gasteiger partial charge in [0.1, 0.15) is 11.6 Å². The molecule has 0 saturated heterocycles. The van der Waals surface area contributed by atoms with Crippen LogP contribution in [-0.4, -0.2) is 13.0 Å². The normalized spacial score (nSPS) is 11.6. The van der Waals surface area contributed by atoms with E-state index in [1.165, 1.54) is 13.1 Å². The van der Waals surface area contributed by atoms with Crippen molar-refractivity contribution in [2.24, 2.45) is 10.7 Å². The van der Waals surface area contributed by atoms with Crippen molar-refractivity contribution >= 4 is 27.6 Å². The fourth-order valence-electron chi connectivity index (χ4n) is 0.812. The topological polar surface area (TPSA) is 50.4 Å². The fraction of sp³-hybridized carbons (Fsp3) is 0.125. The van der Waals surface area contributed by atoms with E-state index in [1.807, 2.05) is 0 Å². The summed E-state index contributed by atoms with van der Waals surface area (Å²) in [5.41, 5.74) is 5.40. The van der Waals surface area contributed by atoms with Gasteiger partial charge in [-0.15, -0.1) is 0 Å². The first-order valence-corrected chi connectivity index (χ1v) is 4.47. The van der Waals surface area contributed by atoms with Gasteiger partial charge in [-0.3, -0.25) is 4.99 Å². The highest BCUT2D eigenvalue weighted by molar-refractivity contribution is 9.10. The van der Waals surface area contributed by atoms with Gasteiger partial charge in [-0.25, -0.2) is 8.78 Å². The van der Waals surface area contributed by atoms with Gasteiger partial charge in [0.2, 0.25) is 0 Å². The van der Waals surface area contributed by atoms with Crippen LogP contribution in [0, 0.1) is 11.6 Å². The molecule has 1 aromatic rings. The molecule has 0 aliphatic heterocycles. The molecule has 0 unspecified atom stereocenters. The number of benzene rings is 1. The number of guanidine groups is 1. The quantitative estimate of drug-likeness (QED) is 0.463. The van der Waals surface area contributed by atoms with Crippen molar-refractivity contribution < 1.29 is 8.78 Å². The van der Waals surface area contributed by atoms with Crippen LogP contribution in [0.15, 0.2) is 21.6 Å². The second kappa shape index (κ2) is 4.36. The SMILES string of the molecule is CN=C(N)Nc1cc(Br)c(F)cc1F. The zero-order valence-electron chi connectivity index (χ0n) is 7.31. The summed E-state index contributed by atoms with van der Waals surface area (Å²) < 4.78 is 26.1. The minimum absolute atomic E-state index is 0.0578. The number of aliphatic imine (C=N–C) groups is 1. The monoisotopic (exact) mass is 263 g/mol. The third kappa shape index (κ3) is 2.41. The molecule has 76 valence electrons. The molecule has 0 atom stereocenters. The van der Waals surface area contributed by atoms with E-state index >= 15 is 0 Å². The number of hydrogen-bond acceptors (Lipinski definition) is 1. The predicted octanol–water partition coefficient (Wildman–Crippen LogP) is 2.08. The molecule has 1 aromatic carbocycles. The van der Waals surface area contributed by atoms with Gasteiger partial charge in [-0.05, 0) is 22.0 Å². The highest BCUT2D eigenvalue weighted by atomic mass is 79.9. The Bertz CT molecular complexity index is 379. The second-order valence-corrected chi connectivity index (χ2v) is 3.33. The minimum atomic E-state index is -0.725. The maximum Gasteiger partial charge on any atom is 0.192 e. The van der Waals surface area contributed by atoms with E-state index in [2.05, 4.69) is 26.2 Å². The number of nitrogens with one attached hydrogen (secondary N) is 1. The molecule has 0 aromatic heterocycles. The molecular formula is C8H8BrF2N3. The molecule has 6 heteroatoms. The molecule has 3 N–H and O–H groups in total. The second-order valence-electron chi connectivity index (χ2n) is 2.48. The Kier molecular flexibility index (Phi) is 3.40. The van der Waals surface area contributed by atoms with Crippen LogP contribution in [0.2, 0.25) is 0 Å². The lowest BCUT2D eigenvalue weighted by atomic mass is 10.3. The number of nitrogens with zero attached hydrogens (tertiary/aromatic N) is 1. The highest BCUT2D eigenvalue weighted by Crippen LogP contribution is 2.23. The molecule has 14 heavy (non-hydrogen) atoms. The molecule has 0 heterocycles. The van der Waals surface area contributed by atoms with E-state index in [9.17, 15) is 8.78 Å². The van der Waals surface area contributed by atoms with Gasteiger partial charge in [0, 0.05) is 13.1 Å². The Morgan fingerprint density at radius 3 is 2.64 bits per heavy atom. The Morgan fingerprint density at radius 2 is 2.07 bits per heavy atom. The summed E-state index contributed by atoms with van der Waals surface area (Å²) in [7, 11) is 1.46. The molecule has 3 nitrogen and oxygen atoms in total. The standard InChI is InChI=1S/C8H8BrF2N3/c1-13-8(12)14-7-2-4(9)5(10)3-6(7)11/h2-3H,1H3,(H3,12,13,14). The molecule has 0 fully saturated rings. The summed E-state index contributed by atoms with van der Waals surface area (Å²) in [6, 6.07) is 2.01. The lowest BCUT2D eigenvalue weighted by Gasteiger charge is -2.06. The van der Waals surface area contributed by atoms with Crippen LogP contribution in [0.1, 0.15) is 0 Å². The van der Waals surface area contributed by atoms with Crippen LogP contribution < -0.4 is 11.1 Å². The minimum Gasteiger partial charge on any atom is -0.370 e. The predicted molar refractivity (Wildman–Crippen MR) is 55.2 cm³/mol. The van der Waals surface area contributed by atoms with Crippen LogP contribution >= 0.6 is 15.9 Å². The molecule has 0 radical (unpaired) electrons. The molecule has 0 amide bonds. The van der Waals surface area contributed by atoms with Gasteiger partial charge in [-0.1, -0.05) is 0 Å². The first-order valence-electron chi connectivity index (χ1n) is 3.68. The third-order valence-corrected chi connectivity index (χ3v) is 2.12. The molecular weight excluding hydrogens is 256 g/mol. The highest BCUT2D eigenvalue weighted by Gasteiger charge is 2.08. The van der Waals surface area contributed by atoms with E-state index in [0.717, 1.165) is 6.07 Å². The van der Waals surface area contributed by atoms with E-state index in [0.29, 0.717) is 0 Å². The summed E-state index contributed by atoms with van der Waals surface area (Å²) in [6.45, 7) is 0. The maximum absolute atomic E-state index is 13.1. The maximum atomic E-state index is 13.1. The summed E-state index contributed by atoms with van der Waals surface area (Å²) in [5, 5.41) is 2.48.